The molecule has 1 aromatic rings. The molecule has 0 spiro atoms. The second kappa shape index (κ2) is 7.37. The van der Waals surface area contributed by atoms with E-state index in [2.05, 4.69) is 20.7 Å². The Bertz CT molecular complexity index is 437. The molecule has 0 aliphatic rings. The van der Waals surface area contributed by atoms with Crippen LogP contribution in [-0.2, 0) is 4.74 Å². The van der Waals surface area contributed by atoms with Gasteiger partial charge in [-0.1, -0.05) is 15.9 Å². The van der Waals surface area contributed by atoms with Gasteiger partial charge in [0.2, 0.25) is 0 Å². The molecule has 0 fully saturated rings. The van der Waals surface area contributed by atoms with Gasteiger partial charge in [-0.05, 0) is 24.3 Å². The van der Waals surface area contributed by atoms with E-state index in [1.165, 1.54) is 7.05 Å². The monoisotopic (exact) mass is 355 g/mol. The van der Waals surface area contributed by atoms with E-state index in [4.69, 9.17) is 4.74 Å². The normalized spacial score (nSPS) is 11.1. The quantitative estimate of drug-likeness (QED) is 0.811. The van der Waals surface area contributed by atoms with Crippen LogP contribution in [0.4, 0.5) is 18.0 Å². The Kier molecular flexibility index (Phi) is 6.12. The van der Waals surface area contributed by atoms with Gasteiger partial charge in [0.25, 0.3) is 0 Å². The van der Waals surface area contributed by atoms with E-state index >= 15 is 0 Å². The lowest BCUT2D eigenvalue weighted by Gasteiger charge is -2.17. The summed E-state index contributed by atoms with van der Waals surface area (Å²) in [5, 5.41) is 0. The molecule has 1 aromatic carbocycles. The average Bonchev–Trinajstić information content (AvgIpc) is 2.37. The van der Waals surface area contributed by atoms with Crippen molar-refractivity contribution in [2.45, 2.75) is 6.18 Å². The molecule has 0 heterocycles. The summed E-state index contributed by atoms with van der Waals surface area (Å²) in [7, 11) is 1.34. The molecule has 0 N–H and O–H groups in total. The summed E-state index contributed by atoms with van der Waals surface area (Å²) in [6.07, 6.45) is -5.56. The van der Waals surface area contributed by atoms with E-state index in [1.807, 2.05) is 0 Å². The van der Waals surface area contributed by atoms with E-state index in [9.17, 15) is 18.0 Å². The number of benzene rings is 1. The molecule has 1 rings (SSSR count). The Labute approximate surface area is 122 Å². The molecular weight excluding hydrogens is 343 g/mol. The molecule has 4 nitrogen and oxygen atoms in total. The van der Waals surface area contributed by atoms with E-state index in [0.29, 0.717) is 5.75 Å². The zero-order valence-corrected chi connectivity index (χ0v) is 12.2. The Balaban J connectivity index is 2.27. The van der Waals surface area contributed by atoms with Crippen LogP contribution >= 0.6 is 15.9 Å². The van der Waals surface area contributed by atoms with Crippen molar-refractivity contribution in [3.05, 3.63) is 28.7 Å². The molecule has 0 atom stereocenters. The fourth-order valence-electron chi connectivity index (χ4n) is 1.18. The highest BCUT2D eigenvalue weighted by Crippen LogP contribution is 2.16. The molecule has 0 unspecified atom stereocenters. The van der Waals surface area contributed by atoms with Crippen LogP contribution < -0.4 is 4.74 Å². The molecule has 0 saturated heterocycles. The van der Waals surface area contributed by atoms with Gasteiger partial charge in [0, 0.05) is 11.5 Å². The number of carbonyl (C=O) groups is 1. The van der Waals surface area contributed by atoms with Crippen LogP contribution in [0.15, 0.2) is 28.7 Å². The molecule has 1 amide bonds. The molecule has 0 radical (unpaired) electrons. The van der Waals surface area contributed by atoms with E-state index in [-0.39, 0.29) is 13.2 Å². The maximum absolute atomic E-state index is 11.9. The van der Waals surface area contributed by atoms with Crippen LogP contribution in [0.1, 0.15) is 0 Å². The average molecular weight is 356 g/mol. The highest BCUT2D eigenvalue weighted by atomic mass is 79.9. The molecule has 0 aliphatic carbocycles. The third-order valence-corrected chi connectivity index (χ3v) is 2.71. The van der Waals surface area contributed by atoms with Gasteiger partial charge in [-0.2, -0.15) is 13.2 Å². The predicted molar refractivity (Wildman–Crippen MR) is 69.7 cm³/mol. The smallest absolute Gasteiger partial charge is 0.422 e. The summed E-state index contributed by atoms with van der Waals surface area (Å²) in [5.41, 5.74) is 0. The molecule has 0 aromatic heterocycles. The Hall–Kier alpha value is -1.44. The second-order valence-electron chi connectivity index (χ2n) is 3.89. The van der Waals surface area contributed by atoms with Crippen molar-refractivity contribution in [1.29, 1.82) is 0 Å². The first-order valence-electron chi connectivity index (χ1n) is 5.61. The first-order chi connectivity index (χ1) is 9.28. The minimum absolute atomic E-state index is 0.118. The van der Waals surface area contributed by atoms with Crippen LogP contribution in [0.5, 0.6) is 5.75 Å². The minimum Gasteiger partial charge on any atom is -0.492 e. The van der Waals surface area contributed by atoms with Crippen LogP contribution in [0.2, 0.25) is 0 Å². The number of alkyl halides is 3. The lowest BCUT2D eigenvalue weighted by Crippen LogP contribution is -2.33. The molecule has 0 aliphatic heterocycles. The van der Waals surface area contributed by atoms with Crippen LogP contribution in [0, 0.1) is 0 Å². The van der Waals surface area contributed by atoms with Crippen molar-refractivity contribution < 1.29 is 27.4 Å². The Morgan fingerprint density at radius 1 is 1.30 bits per heavy atom. The predicted octanol–water partition coefficient (Wildman–Crippen LogP) is 3.46. The summed E-state index contributed by atoms with van der Waals surface area (Å²) in [5.74, 6) is 0.602. The molecular formula is C12H13BrF3NO3. The van der Waals surface area contributed by atoms with Crippen molar-refractivity contribution in [3.63, 3.8) is 0 Å². The van der Waals surface area contributed by atoms with Gasteiger partial charge in [-0.25, -0.2) is 4.79 Å². The third-order valence-electron chi connectivity index (χ3n) is 2.18. The fourth-order valence-corrected chi connectivity index (χ4v) is 1.44. The zero-order valence-electron chi connectivity index (χ0n) is 10.6. The topological polar surface area (TPSA) is 38.8 Å². The number of likely N-dealkylation sites (N-methyl/N-ethyl adjacent to an activating group) is 1. The van der Waals surface area contributed by atoms with Gasteiger partial charge in [0.05, 0.1) is 6.54 Å². The highest BCUT2D eigenvalue weighted by molar-refractivity contribution is 9.10. The van der Waals surface area contributed by atoms with Crippen molar-refractivity contribution >= 4 is 22.0 Å². The maximum atomic E-state index is 11.9. The van der Waals surface area contributed by atoms with E-state index in [0.717, 1.165) is 9.37 Å². The second-order valence-corrected chi connectivity index (χ2v) is 4.81. The summed E-state index contributed by atoms with van der Waals surface area (Å²) in [6, 6.07) is 7.03. The standard InChI is InChI=1S/C12H13BrF3NO3/c1-17(11(18)20-8-12(14,15)16)6-7-19-10-4-2-9(13)3-5-10/h2-5H,6-8H2,1H3. The Morgan fingerprint density at radius 2 is 1.90 bits per heavy atom. The van der Waals surface area contributed by atoms with Crippen molar-refractivity contribution in [2.75, 3.05) is 26.8 Å². The van der Waals surface area contributed by atoms with Crippen molar-refractivity contribution in [3.8, 4) is 5.75 Å². The van der Waals surface area contributed by atoms with Gasteiger partial charge in [-0.15, -0.1) is 0 Å². The van der Waals surface area contributed by atoms with Gasteiger partial charge < -0.3 is 14.4 Å². The Morgan fingerprint density at radius 3 is 2.45 bits per heavy atom. The van der Waals surface area contributed by atoms with Gasteiger partial charge in [0.15, 0.2) is 6.61 Å². The summed E-state index contributed by atoms with van der Waals surface area (Å²) >= 11 is 3.27. The number of carbonyl (C=O) groups excluding carboxylic acids is 1. The molecule has 0 saturated carbocycles. The van der Waals surface area contributed by atoms with Gasteiger partial charge in [0.1, 0.15) is 12.4 Å². The fraction of sp³-hybridized carbons (Fsp3) is 0.417. The minimum atomic E-state index is -4.52. The first kappa shape index (κ1) is 16.6. The number of hydrogen-bond acceptors (Lipinski definition) is 3. The molecule has 8 heteroatoms. The van der Waals surface area contributed by atoms with Crippen LogP contribution in [0.3, 0.4) is 0 Å². The summed E-state index contributed by atoms with van der Waals surface area (Å²) < 4.78 is 45.9. The number of ether oxygens (including phenoxy) is 2. The van der Waals surface area contributed by atoms with Crippen molar-refractivity contribution in [2.24, 2.45) is 0 Å². The molecule has 20 heavy (non-hydrogen) atoms. The zero-order chi connectivity index (χ0) is 15.2. The molecule has 0 bridgehead atoms. The first-order valence-corrected chi connectivity index (χ1v) is 6.40. The van der Waals surface area contributed by atoms with Crippen LogP contribution in [-0.4, -0.2) is 44.0 Å². The number of halogens is 4. The lowest BCUT2D eigenvalue weighted by atomic mass is 10.3. The number of hydrogen-bond donors (Lipinski definition) is 0. The maximum Gasteiger partial charge on any atom is 0.422 e. The largest absolute Gasteiger partial charge is 0.492 e. The van der Waals surface area contributed by atoms with E-state index < -0.39 is 18.9 Å². The van der Waals surface area contributed by atoms with Crippen LogP contribution in [0.25, 0.3) is 0 Å². The van der Waals surface area contributed by atoms with Gasteiger partial charge in [-0.3, -0.25) is 0 Å². The van der Waals surface area contributed by atoms with E-state index in [1.54, 1.807) is 24.3 Å². The summed E-state index contributed by atoms with van der Waals surface area (Å²) in [6.45, 7) is -1.32. The third kappa shape index (κ3) is 6.65. The summed E-state index contributed by atoms with van der Waals surface area (Å²) in [4.78, 5) is 12.2. The molecule has 112 valence electrons. The highest BCUT2D eigenvalue weighted by Gasteiger charge is 2.30. The van der Waals surface area contributed by atoms with Gasteiger partial charge >= 0.3 is 12.3 Å². The van der Waals surface area contributed by atoms with Crippen molar-refractivity contribution in [1.82, 2.24) is 4.90 Å². The number of amides is 1. The number of rotatable bonds is 5. The SMILES string of the molecule is CN(CCOc1ccc(Br)cc1)C(=O)OCC(F)(F)F. The number of nitrogens with zero attached hydrogens (tertiary/aromatic N) is 1. The lowest BCUT2D eigenvalue weighted by molar-refractivity contribution is -0.162.